The van der Waals surface area contributed by atoms with E-state index in [0.29, 0.717) is 24.5 Å². The van der Waals surface area contributed by atoms with Crippen LogP contribution in [0.4, 0.5) is 10.1 Å². The largest absolute Gasteiger partial charge is 0.307 e. The average Bonchev–Trinajstić information content (AvgIpc) is 3.29. The fraction of sp³-hybridized carbons (Fsp3) is 0.222. The minimum Gasteiger partial charge on any atom is -0.307 e. The van der Waals surface area contributed by atoms with Crippen molar-refractivity contribution in [3.8, 4) is 11.4 Å². The maximum atomic E-state index is 14.1. The number of rotatable bonds is 3. The number of benzene rings is 2. The van der Waals surface area contributed by atoms with Gasteiger partial charge in [-0.1, -0.05) is 42.5 Å². The van der Waals surface area contributed by atoms with Gasteiger partial charge in [0.1, 0.15) is 11.9 Å². The predicted molar refractivity (Wildman–Crippen MR) is 90.4 cm³/mol. The van der Waals surface area contributed by atoms with Crippen LogP contribution >= 0.6 is 0 Å². The minimum atomic E-state index is -0.671. The van der Waals surface area contributed by atoms with Gasteiger partial charge in [-0.05, 0) is 30.2 Å². The molecule has 1 atom stereocenters. The number of para-hydroxylation sites is 1. The topological polar surface area (TPSA) is 63.9 Å². The highest BCUT2D eigenvalue weighted by atomic mass is 19.1. The summed E-state index contributed by atoms with van der Waals surface area (Å²) in [5, 5.41) is 12.3. The van der Waals surface area contributed by atoms with Gasteiger partial charge in [0, 0.05) is 12.1 Å². The van der Waals surface area contributed by atoms with Crippen molar-refractivity contribution in [1.29, 1.82) is 0 Å². The van der Waals surface area contributed by atoms with E-state index in [0.717, 1.165) is 11.1 Å². The van der Waals surface area contributed by atoms with Gasteiger partial charge in [0.05, 0.1) is 5.69 Å². The van der Waals surface area contributed by atoms with Crippen LogP contribution < -0.4 is 4.90 Å². The van der Waals surface area contributed by atoms with E-state index in [4.69, 9.17) is 0 Å². The predicted octanol–water partition coefficient (Wildman–Crippen LogP) is 2.63. The molecule has 0 spiro atoms. The molecule has 0 bridgehead atoms. The lowest BCUT2D eigenvalue weighted by Crippen LogP contribution is -2.36. The fourth-order valence-electron chi connectivity index (χ4n) is 3.04. The van der Waals surface area contributed by atoms with Crippen molar-refractivity contribution in [2.75, 3.05) is 11.4 Å². The molecule has 2 heterocycles. The van der Waals surface area contributed by atoms with Gasteiger partial charge in [-0.3, -0.25) is 4.79 Å². The molecule has 0 saturated heterocycles. The van der Waals surface area contributed by atoms with Gasteiger partial charge in [0.25, 0.3) is 5.91 Å². The van der Waals surface area contributed by atoms with Gasteiger partial charge in [-0.25, -0.2) is 4.39 Å². The van der Waals surface area contributed by atoms with Crippen molar-refractivity contribution in [3.63, 3.8) is 0 Å². The molecule has 0 fully saturated rings. The van der Waals surface area contributed by atoms with Crippen LogP contribution in [0.3, 0.4) is 0 Å². The Labute approximate surface area is 143 Å². The third-order valence-electron chi connectivity index (χ3n) is 4.38. The molecule has 7 heteroatoms. The number of aromatic nitrogens is 4. The molecule has 0 radical (unpaired) electrons. The standard InChI is InChI=1S/C18H16FN5O/c1-12(24-21-17(20-22-24)14-6-3-2-4-7-14)18(25)23-11-10-13-8-5-9-15(19)16(13)23/h2-9,12H,10-11H2,1H3. The highest BCUT2D eigenvalue weighted by Gasteiger charge is 2.32. The summed E-state index contributed by atoms with van der Waals surface area (Å²) in [6, 6.07) is 13.6. The zero-order valence-corrected chi connectivity index (χ0v) is 13.6. The SMILES string of the molecule is CC(C(=O)N1CCc2cccc(F)c21)n1nnc(-c2ccccc2)n1. The summed E-state index contributed by atoms with van der Waals surface area (Å²) in [6.45, 7) is 2.15. The maximum Gasteiger partial charge on any atom is 0.253 e. The molecule has 1 unspecified atom stereocenters. The second-order valence-electron chi connectivity index (χ2n) is 5.96. The molecule has 1 aliphatic heterocycles. The summed E-state index contributed by atoms with van der Waals surface area (Å²) < 4.78 is 14.1. The number of amides is 1. The maximum absolute atomic E-state index is 14.1. The number of hydrogen-bond acceptors (Lipinski definition) is 4. The Balaban J connectivity index is 1.60. The monoisotopic (exact) mass is 337 g/mol. The number of carbonyl (C=O) groups excluding carboxylic acids is 1. The number of carbonyl (C=O) groups is 1. The van der Waals surface area contributed by atoms with Crippen molar-refractivity contribution in [3.05, 3.63) is 59.9 Å². The third-order valence-corrected chi connectivity index (χ3v) is 4.38. The van der Waals surface area contributed by atoms with E-state index in [-0.39, 0.29) is 11.7 Å². The first-order valence-electron chi connectivity index (χ1n) is 8.09. The molecule has 126 valence electrons. The van der Waals surface area contributed by atoms with Crippen LogP contribution in [-0.4, -0.2) is 32.7 Å². The number of hydrogen-bond donors (Lipinski definition) is 0. The average molecular weight is 337 g/mol. The van der Waals surface area contributed by atoms with Crippen molar-refractivity contribution >= 4 is 11.6 Å². The molecule has 0 N–H and O–H groups in total. The second kappa shape index (κ2) is 6.08. The number of anilines is 1. The first-order valence-corrected chi connectivity index (χ1v) is 8.09. The van der Waals surface area contributed by atoms with E-state index in [1.807, 2.05) is 36.4 Å². The molecule has 3 aromatic rings. The van der Waals surface area contributed by atoms with Gasteiger partial charge < -0.3 is 4.90 Å². The van der Waals surface area contributed by atoms with Crippen LogP contribution in [0.5, 0.6) is 0 Å². The van der Waals surface area contributed by atoms with E-state index >= 15 is 0 Å². The minimum absolute atomic E-state index is 0.249. The fourth-order valence-corrected chi connectivity index (χ4v) is 3.04. The van der Waals surface area contributed by atoms with Gasteiger partial charge in [0.2, 0.25) is 5.82 Å². The van der Waals surface area contributed by atoms with Crippen molar-refractivity contribution in [2.24, 2.45) is 0 Å². The molecule has 6 nitrogen and oxygen atoms in total. The van der Waals surface area contributed by atoms with Crippen molar-refractivity contribution in [2.45, 2.75) is 19.4 Å². The zero-order valence-electron chi connectivity index (χ0n) is 13.6. The molecule has 2 aromatic carbocycles. The molecule has 1 amide bonds. The highest BCUT2D eigenvalue weighted by Crippen LogP contribution is 2.32. The number of fused-ring (bicyclic) bond motifs is 1. The Kier molecular flexibility index (Phi) is 3.76. The number of halogens is 1. The van der Waals surface area contributed by atoms with E-state index in [2.05, 4.69) is 15.4 Å². The Bertz CT molecular complexity index is 924. The Morgan fingerprint density at radius 1 is 1.16 bits per heavy atom. The lowest BCUT2D eigenvalue weighted by molar-refractivity contribution is -0.121. The van der Waals surface area contributed by atoms with Gasteiger partial charge in [-0.15, -0.1) is 10.2 Å². The van der Waals surface area contributed by atoms with E-state index < -0.39 is 6.04 Å². The molecular weight excluding hydrogens is 321 g/mol. The first-order chi connectivity index (χ1) is 12.1. The molecule has 1 aromatic heterocycles. The molecule has 0 saturated carbocycles. The van der Waals surface area contributed by atoms with Gasteiger partial charge in [-0.2, -0.15) is 4.80 Å². The first kappa shape index (κ1) is 15.4. The van der Waals surface area contributed by atoms with Gasteiger partial charge >= 0.3 is 0 Å². The second-order valence-corrected chi connectivity index (χ2v) is 5.96. The molecule has 25 heavy (non-hydrogen) atoms. The van der Waals surface area contributed by atoms with Crippen LogP contribution in [0.1, 0.15) is 18.5 Å². The Morgan fingerprint density at radius 3 is 2.76 bits per heavy atom. The number of tetrazole rings is 1. The quantitative estimate of drug-likeness (QED) is 0.737. The van der Waals surface area contributed by atoms with Crippen LogP contribution in [0.15, 0.2) is 48.5 Å². The molecule has 1 aliphatic rings. The van der Waals surface area contributed by atoms with Crippen LogP contribution in [0.2, 0.25) is 0 Å². The molecular formula is C18H16FN5O. The van der Waals surface area contributed by atoms with Crippen LogP contribution in [-0.2, 0) is 11.2 Å². The van der Waals surface area contributed by atoms with Crippen LogP contribution in [0, 0.1) is 5.82 Å². The summed E-state index contributed by atoms with van der Waals surface area (Å²) in [7, 11) is 0. The van der Waals surface area contributed by atoms with E-state index in [9.17, 15) is 9.18 Å². The van der Waals surface area contributed by atoms with E-state index in [1.165, 1.54) is 15.8 Å². The van der Waals surface area contributed by atoms with Crippen molar-refractivity contribution in [1.82, 2.24) is 20.2 Å². The highest BCUT2D eigenvalue weighted by molar-refractivity contribution is 5.97. The van der Waals surface area contributed by atoms with Crippen LogP contribution in [0.25, 0.3) is 11.4 Å². The molecule has 0 aliphatic carbocycles. The summed E-state index contributed by atoms with van der Waals surface area (Å²) in [5.41, 5.74) is 2.03. The Morgan fingerprint density at radius 2 is 1.96 bits per heavy atom. The summed E-state index contributed by atoms with van der Waals surface area (Å²) in [4.78, 5) is 15.6. The summed E-state index contributed by atoms with van der Waals surface area (Å²) >= 11 is 0. The smallest absolute Gasteiger partial charge is 0.253 e. The third kappa shape index (κ3) is 2.67. The van der Waals surface area contributed by atoms with E-state index in [1.54, 1.807) is 13.0 Å². The zero-order chi connectivity index (χ0) is 17.4. The molecule has 4 rings (SSSR count). The normalized spacial score (nSPS) is 14.4. The van der Waals surface area contributed by atoms with Gasteiger partial charge in [0.15, 0.2) is 0 Å². The summed E-state index contributed by atoms with van der Waals surface area (Å²) in [6.07, 6.45) is 0.644. The number of nitrogens with zero attached hydrogens (tertiary/aromatic N) is 5. The van der Waals surface area contributed by atoms with Crippen molar-refractivity contribution < 1.29 is 9.18 Å². The summed E-state index contributed by atoms with van der Waals surface area (Å²) in [5.74, 6) is -0.179. The Hall–Kier alpha value is -3.09. The lowest BCUT2D eigenvalue weighted by Gasteiger charge is -2.21. The lowest BCUT2D eigenvalue weighted by atomic mass is 10.1.